The minimum atomic E-state index is -1.06. The molecule has 0 bridgehead atoms. The monoisotopic (exact) mass is 369 g/mol. The van der Waals surface area contributed by atoms with Crippen molar-refractivity contribution >= 4 is 23.4 Å². The minimum Gasteiger partial charge on any atom is -0.481 e. The number of morpholine rings is 1. The number of likely N-dealkylation sites (tertiary alicyclic amines) is 1. The number of nitrogens with zero attached hydrogens (tertiary/aromatic N) is 2. The number of carboxylic acids is 1. The van der Waals surface area contributed by atoms with Crippen molar-refractivity contribution in [3.05, 3.63) is 23.8 Å². The summed E-state index contributed by atoms with van der Waals surface area (Å²) >= 11 is 0. The Morgan fingerprint density at radius 2 is 1.85 bits per heavy atom. The van der Waals surface area contributed by atoms with Crippen LogP contribution in [0.1, 0.15) is 12.8 Å². The van der Waals surface area contributed by atoms with E-state index < -0.39 is 29.6 Å². The molecular weight excluding hydrogens is 348 g/mol. The number of urea groups is 1. The molecule has 2 aliphatic heterocycles. The zero-order valence-corrected chi connectivity index (χ0v) is 14.2. The van der Waals surface area contributed by atoms with Crippen LogP contribution >= 0.6 is 0 Å². The van der Waals surface area contributed by atoms with E-state index in [-0.39, 0.29) is 12.2 Å². The molecule has 1 aromatic rings. The van der Waals surface area contributed by atoms with E-state index in [1.54, 1.807) is 0 Å². The van der Waals surface area contributed by atoms with Crippen LogP contribution in [0.2, 0.25) is 0 Å². The molecule has 9 heteroatoms. The summed E-state index contributed by atoms with van der Waals surface area (Å²) in [6.07, 6.45) is 1.10. The van der Waals surface area contributed by atoms with Gasteiger partial charge in [-0.15, -0.1) is 0 Å². The number of amides is 2. The number of carboxylic acid groups (broad SMARTS) is 1. The lowest BCUT2D eigenvalue weighted by atomic mass is 9.99. The van der Waals surface area contributed by atoms with E-state index in [0.29, 0.717) is 51.4 Å². The molecule has 2 amide bonds. The molecule has 2 N–H and O–H groups in total. The third-order valence-corrected chi connectivity index (χ3v) is 4.69. The fraction of sp³-hybridized carbons (Fsp3) is 0.529. The zero-order chi connectivity index (χ0) is 18.7. The quantitative estimate of drug-likeness (QED) is 0.853. The van der Waals surface area contributed by atoms with Gasteiger partial charge in [-0.1, -0.05) is 0 Å². The number of carbonyl (C=O) groups is 2. The summed E-state index contributed by atoms with van der Waals surface area (Å²) < 4.78 is 32.7. The second kappa shape index (κ2) is 7.86. The summed E-state index contributed by atoms with van der Waals surface area (Å²) in [5.41, 5.74) is 0.542. The van der Waals surface area contributed by atoms with Gasteiger partial charge in [-0.2, -0.15) is 0 Å². The molecule has 2 heterocycles. The fourth-order valence-corrected chi connectivity index (χ4v) is 3.26. The van der Waals surface area contributed by atoms with E-state index in [2.05, 4.69) is 5.32 Å². The number of piperidine rings is 1. The Hall–Kier alpha value is -2.42. The van der Waals surface area contributed by atoms with E-state index in [9.17, 15) is 18.4 Å². The average Bonchev–Trinajstić information content (AvgIpc) is 2.65. The maximum atomic E-state index is 13.7. The highest BCUT2D eigenvalue weighted by atomic mass is 19.2. The van der Waals surface area contributed by atoms with Crippen LogP contribution in [0.3, 0.4) is 0 Å². The molecule has 0 aromatic heterocycles. The first-order valence-corrected chi connectivity index (χ1v) is 8.56. The van der Waals surface area contributed by atoms with Gasteiger partial charge in [0.1, 0.15) is 0 Å². The number of benzene rings is 1. The highest BCUT2D eigenvalue weighted by Crippen LogP contribution is 2.30. The van der Waals surface area contributed by atoms with Crippen molar-refractivity contribution in [1.82, 2.24) is 4.90 Å². The number of ether oxygens (including phenoxy) is 1. The predicted molar refractivity (Wildman–Crippen MR) is 90.3 cm³/mol. The SMILES string of the molecule is O=C(O)C1CCCN(C(=O)Nc2cc(F)c(F)cc2N2CCOCC2)C1. The smallest absolute Gasteiger partial charge is 0.321 e. The molecule has 0 radical (unpaired) electrons. The van der Waals surface area contributed by atoms with Crippen LogP contribution in [0, 0.1) is 17.6 Å². The Balaban J connectivity index is 1.78. The topological polar surface area (TPSA) is 82.1 Å². The van der Waals surface area contributed by atoms with Gasteiger partial charge in [-0.05, 0) is 12.8 Å². The van der Waals surface area contributed by atoms with Crippen LogP contribution in [0.25, 0.3) is 0 Å². The lowest BCUT2D eigenvalue weighted by Crippen LogP contribution is -2.44. The average molecular weight is 369 g/mol. The lowest BCUT2D eigenvalue weighted by molar-refractivity contribution is -0.143. The Labute approximate surface area is 149 Å². The van der Waals surface area contributed by atoms with Crippen LogP contribution < -0.4 is 10.2 Å². The van der Waals surface area contributed by atoms with E-state index in [1.807, 2.05) is 4.90 Å². The van der Waals surface area contributed by atoms with Crippen molar-refractivity contribution in [2.75, 3.05) is 49.6 Å². The molecule has 2 saturated heterocycles. The Bertz CT molecular complexity index is 695. The number of nitrogens with one attached hydrogen (secondary N) is 1. The maximum absolute atomic E-state index is 13.7. The lowest BCUT2D eigenvalue weighted by Gasteiger charge is -2.33. The van der Waals surface area contributed by atoms with Crippen molar-refractivity contribution in [3.63, 3.8) is 0 Å². The van der Waals surface area contributed by atoms with Crippen LogP contribution in [0.15, 0.2) is 12.1 Å². The van der Waals surface area contributed by atoms with Gasteiger partial charge in [0.25, 0.3) is 0 Å². The van der Waals surface area contributed by atoms with Crippen molar-refractivity contribution in [2.24, 2.45) is 5.92 Å². The summed E-state index contributed by atoms with van der Waals surface area (Å²) in [6.45, 7) is 2.43. The van der Waals surface area contributed by atoms with Gasteiger partial charge in [0.2, 0.25) is 0 Å². The summed E-state index contributed by atoms with van der Waals surface area (Å²) in [6, 6.07) is 1.50. The highest BCUT2D eigenvalue weighted by molar-refractivity contribution is 5.93. The molecule has 7 nitrogen and oxygen atoms in total. The molecule has 0 aliphatic carbocycles. The maximum Gasteiger partial charge on any atom is 0.321 e. The molecule has 0 saturated carbocycles. The molecule has 3 rings (SSSR count). The molecular formula is C17H21F2N3O4. The summed E-state index contributed by atoms with van der Waals surface area (Å²) in [7, 11) is 0. The number of anilines is 2. The molecule has 1 atom stereocenters. The number of carbonyl (C=O) groups excluding carboxylic acids is 1. The van der Waals surface area contributed by atoms with Gasteiger partial charge in [0, 0.05) is 38.3 Å². The van der Waals surface area contributed by atoms with Gasteiger partial charge in [0.05, 0.1) is 30.5 Å². The summed E-state index contributed by atoms with van der Waals surface area (Å²) in [5, 5.41) is 11.8. The van der Waals surface area contributed by atoms with E-state index >= 15 is 0 Å². The number of hydrogen-bond acceptors (Lipinski definition) is 4. The largest absolute Gasteiger partial charge is 0.481 e. The second-order valence-electron chi connectivity index (χ2n) is 6.44. The summed E-state index contributed by atoms with van der Waals surface area (Å²) in [5.74, 6) is -3.60. The normalized spacial score (nSPS) is 20.8. The van der Waals surface area contributed by atoms with Crippen LogP contribution in [-0.4, -0.2) is 61.4 Å². The van der Waals surface area contributed by atoms with E-state index in [1.165, 1.54) is 4.90 Å². The number of rotatable bonds is 3. The Morgan fingerprint density at radius 1 is 1.15 bits per heavy atom. The first-order valence-electron chi connectivity index (χ1n) is 8.56. The standard InChI is InChI=1S/C17H21F2N3O4/c18-12-8-14(15(9-13(12)19)21-4-6-26-7-5-21)20-17(25)22-3-1-2-11(10-22)16(23)24/h8-9,11H,1-7,10H2,(H,20,25)(H,23,24). The molecule has 2 fully saturated rings. The van der Waals surface area contributed by atoms with Gasteiger partial charge in [-0.3, -0.25) is 4.79 Å². The predicted octanol–water partition coefficient (Wildman–Crippen LogP) is 2.13. The van der Waals surface area contributed by atoms with Crippen LogP contribution in [0.5, 0.6) is 0 Å². The van der Waals surface area contributed by atoms with E-state index in [4.69, 9.17) is 9.84 Å². The zero-order valence-electron chi connectivity index (χ0n) is 14.2. The highest BCUT2D eigenvalue weighted by Gasteiger charge is 2.29. The number of halogens is 2. The Morgan fingerprint density at radius 3 is 2.54 bits per heavy atom. The molecule has 142 valence electrons. The first kappa shape index (κ1) is 18.4. The van der Waals surface area contributed by atoms with Crippen LogP contribution in [-0.2, 0) is 9.53 Å². The minimum absolute atomic E-state index is 0.0950. The summed E-state index contributed by atoms with van der Waals surface area (Å²) in [4.78, 5) is 26.9. The van der Waals surface area contributed by atoms with Gasteiger partial charge in [-0.25, -0.2) is 13.6 Å². The van der Waals surface area contributed by atoms with Crippen molar-refractivity contribution in [3.8, 4) is 0 Å². The second-order valence-corrected chi connectivity index (χ2v) is 6.44. The third kappa shape index (κ3) is 4.04. The number of hydrogen-bond donors (Lipinski definition) is 2. The Kier molecular flexibility index (Phi) is 5.55. The fourth-order valence-electron chi connectivity index (χ4n) is 3.26. The third-order valence-electron chi connectivity index (χ3n) is 4.69. The first-order chi connectivity index (χ1) is 12.5. The van der Waals surface area contributed by atoms with Crippen molar-refractivity contribution in [1.29, 1.82) is 0 Å². The van der Waals surface area contributed by atoms with E-state index in [0.717, 1.165) is 12.1 Å². The van der Waals surface area contributed by atoms with Crippen LogP contribution in [0.4, 0.5) is 25.0 Å². The van der Waals surface area contributed by atoms with Gasteiger partial charge < -0.3 is 25.0 Å². The molecule has 1 aromatic carbocycles. The molecule has 26 heavy (non-hydrogen) atoms. The van der Waals surface area contributed by atoms with Gasteiger partial charge in [0.15, 0.2) is 11.6 Å². The molecule has 2 aliphatic rings. The molecule has 1 unspecified atom stereocenters. The van der Waals surface area contributed by atoms with Crippen molar-refractivity contribution < 1.29 is 28.2 Å². The van der Waals surface area contributed by atoms with Gasteiger partial charge >= 0.3 is 12.0 Å². The molecule has 0 spiro atoms. The van der Waals surface area contributed by atoms with Crippen molar-refractivity contribution in [2.45, 2.75) is 12.8 Å². The number of aliphatic carboxylic acids is 1.